The zero-order chi connectivity index (χ0) is 33.0. The number of piperidine rings is 1. The molecule has 3 aliphatic heterocycles. The minimum absolute atomic E-state index is 0.816. The molecule has 10 rings (SSSR count). The lowest BCUT2D eigenvalue weighted by molar-refractivity contribution is 0.00984. The third-order valence-corrected chi connectivity index (χ3v) is 19.0. The van der Waals surface area contributed by atoms with E-state index in [4.69, 9.17) is 0 Å². The third-order valence-electron chi connectivity index (χ3n) is 19.0. The molecule has 0 spiro atoms. The molecule has 0 radical (unpaired) electrons. The summed E-state index contributed by atoms with van der Waals surface area (Å²) in [5, 5.41) is 4.47. The Hall–Kier alpha value is -0.120. The predicted octanol–water partition coefficient (Wildman–Crippen LogP) is 11.3. The molecule has 1 N–H and O–H groups in total. The van der Waals surface area contributed by atoms with Crippen molar-refractivity contribution in [2.24, 2.45) is 47.3 Å². The van der Waals surface area contributed by atoms with Crippen LogP contribution in [0.4, 0.5) is 0 Å². The van der Waals surface area contributed by atoms with E-state index in [-0.39, 0.29) is 0 Å². The van der Waals surface area contributed by atoms with E-state index in [1.165, 1.54) is 135 Å². The van der Waals surface area contributed by atoms with Gasteiger partial charge >= 0.3 is 0 Å². The maximum Gasteiger partial charge on any atom is 0.0135 e. The number of fused-ring (bicyclic) bond motifs is 6. The van der Waals surface area contributed by atoms with Crippen LogP contribution in [-0.2, 0) is 0 Å². The van der Waals surface area contributed by atoms with Crippen LogP contribution in [0.5, 0.6) is 0 Å². The van der Waals surface area contributed by atoms with Gasteiger partial charge in [0.15, 0.2) is 0 Å². The highest BCUT2D eigenvalue weighted by Gasteiger charge is 2.57. The van der Waals surface area contributed by atoms with Gasteiger partial charge in [-0.15, -0.1) is 0 Å². The smallest absolute Gasteiger partial charge is 0.0135 e. The average Bonchev–Trinajstić information content (AvgIpc) is 3.71. The first-order valence-corrected chi connectivity index (χ1v) is 24.1. The third kappa shape index (κ3) is 6.43. The minimum Gasteiger partial charge on any atom is -0.311 e. The Morgan fingerprint density at radius 1 is 0.280 bits per heavy atom. The number of likely N-dealkylation sites (tertiary alicyclic amines) is 2. The largest absolute Gasteiger partial charge is 0.311 e. The molecule has 3 heteroatoms. The highest BCUT2D eigenvalue weighted by Crippen LogP contribution is 2.58. The highest BCUT2D eigenvalue weighted by molar-refractivity contribution is 5.11. The molecule has 50 heavy (non-hydrogen) atoms. The highest BCUT2D eigenvalue weighted by atomic mass is 15.3. The van der Waals surface area contributed by atoms with Gasteiger partial charge in [0.05, 0.1) is 0 Å². The number of hydrogen-bond donors (Lipinski definition) is 1. The summed E-state index contributed by atoms with van der Waals surface area (Å²) < 4.78 is 0. The summed E-state index contributed by atoms with van der Waals surface area (Å²) in [6.07, 6.45) is 47.6. The molecule has 3 heterocycles. The van der Waals surface area contributed by atoms with Crippen molar-refractivity contribution in [1.82, 2.24) is 15.1 Å². The zero-order valence-electron chi connectivity index (χ0n) is 32.6. The van der Waals surface area contributed by atoms with Gasteiger partial charge in [0.2, 0.25) is 0 Å². The van der Waals surface area contributed by atoms with E-state index in [1.807, 2.05) is 0 Å². The van der Waals surface area contributed by atoms with Crippen molar-refractivity contribution in [3.8, 4) is 0 Å². The van der Waals surface area contributed by atoms with Crippen molar-refractivity contribution in [1.29, 1.82) is 0 Å². The fraction of sp³-hybridized carbons (Fsp3) is 1.00. The molecule has 3 saturated heterocycles. The monoisotopic (exact) mass is 686 g/mol. The summed E-state index contributed by atoms with van der Waals surface area (Å²) in [6.45, 7) is 0. The van der Waals surface area contributed by atoms with Crippen LogP contribution in [-0.4, -0.2) is 58.1 Å². The van der Waals surface area contributed by atoms with Gasteiger partial charge in [-0.3, -0.25) is 9.80 Å². The standard InChI is InChI=1S/C47H79N3/c1-4-14-32(15-5-1)42-30-37(31-43(48-42)33-16-6-2-7-17-33)50-45-23-13-11-21-39(45)41-28-34(25-27-46(41)50)35-24-26-40-38-20-10-12-22-44(38)49(47(40)29-35)36-18-8-3-9-19-36/h32-48H,1-31H2. The molecule has 12 atom stereocenters. The van der Waals surface area contributed by atoms with Gasteiger partial charge in [-0.1, -0.05) is 83.5 Å². The summed E-state index contributed by atoms with van der Waals surface area (Å²) >= 11 is 0. The first-order chi connectivity index (χ1) is 24.8. The van der Waals surface area contributed by atoms with Gasteiger partial charge in [-0.2, -0.15) is 0 Å². The molecule has 10 aliphatic rings. The Balaban J connectivity index is 0.869. The molecule has 7 saturated carbocycles. The van der Waals surface area contributed by atoms with Gasteiger partial charge in [-0.05, 0) is 163 Å². The van der Waals surface area contributed by atoms with Crippen molar-refractivity contribution in [2.45, 2.75) is 247 Å². The lowest BCUT2D eigenvalue weighted by atomic mass is 9.62. The zero-order valence-corrected chi connectivity index (χ0v) is 32.6. The van der Waals surface area contributed by atoms with Gasteiger partial charge in [0.25, 0.3) is 0 Å². The lowest BCUT2D eigenvalue weighted by Gasteiger charge is -2.51. The van der Waals surface area contributed by atoms with Gasteiger partial charge in [-0.25, -0.2) is 0 Å². The second-order valence-electron chi connectivity index (χ2n) is 21.1. The summed E-state index contributed by atoms with van der Waals surface area (Å²) in [4.78, 5) is 6.70. The molecule has 7 aliphatic carbocycles. The van der Waals surface area contributed by atoms with Crippen LogP contribution in [0.1, 0.15) is 199 Å². The normalized spacial score (nSPS) is 48.8. The number of rotatable bonds is 5. The Kier molecular flexibility index (Phi) is 10.4. The van der Waals surface area contributed by atoms with E-state index in [9.17, 15) is 0 Å². The van der Waals surface area contributed by atoms with Crippen molar-refractivity contribution in [3.63, 3.8) is 0 Å². The molecule has 0 amide bonds. The second-order valence-corrected chi connectivity index (χ2v) is 21.1. The molecular weight excluding hydrogens is 607 g/mol. The Labute approximate surface area is 309 Å². The molecular formula is C47H79N3. The van der Waals surface area contributed by atoms with Crippen molar-refractivity contribution >= 4 is 0 Å². The van der Waals surface area contributed by atoms with Crippen LogP contribution in [0.15, 0.2) is 0 Å². The van der Waals surface area contributed by atoms with Crippen LogP contribution >= 0.6 is 0 Å². The van der Waals surface area contributed by atoms with E-state index in [2.05, 4.69) is 15.1 Å². The van der Waals surface area contributed by atoms with Crippen LogP contribution in [0.25, 0.3) is 0 Å². The molecule has 282 valence electrons. The topological polar surface area (TPSA) is 18.5 Å². The van der Waals surface area contributed by atoms with Crippen LogP contribution in [0.3, 0.4) is 0 Å². The van der Waals surface area contributed by atoms with Gasteiger partial charge < -0.3 is 5.32 Å². The summed E-state index contributed by atoms with van der Waals surface area (Å²) in [5.74, 6) is 8.24. The maximum absolute atomic E-state index is 4.47. The van der Waals surface area contributed by atoms with Crippen LogP contribution in [0.2, 0.25) is 0 Å². The number of nitrogens with zero attached hydrogens (tertiary/aromatic N) is 2. The molecule has 3 nitrogen and oxygen atoms in total. The molecule has 0 aromatic heterocycles. The Morgan fingerprint density at radius 3 is 1.38 bits per heavy atom. The van der Waals surface area contributed by atoms with E-state index < -0.39 is 0 Å². The van der Waals surface area contributed by atoms with E-state index >= 15 is 0 Å². The molecule has 0 bridgehead atoms. The van der Waals surface area contributed by atoms with Gasteiger partial charge in [0.1, 0.15) is 0 Å². The van der Waals surface area contributed by atoms with Crippen molar-refractivity contribution < 1.29 is 0 Å². The van der Waals surface area contributed by atoms with Crippen molar-refractivity contribution in [2.75, 3.05) is 0 Å². The molecule has 0 aromatic carbocycles. The number of nitrogens with one attached hydrogen (secondary N) is 1. The van der Waals surface area contributed by atoms with Gasteiger partial charge in [0, 0.05) is 48.3 Å². The summed E-state index contributed by atoms with van der Waals surface area (Å²) in [5.41, 5.74) is 0. The lowest BCUT2D eigenvalue weighted by Crippen LogP contribution is -2.60. The summed E-state index contributed by atoms with van der Waals surface area (Å²) in [7, 11) is 0. The first-order valence-electron chi connectivity index (χ1n) is 24.1. The minimum atomic E-state index is 0.816. The number of hydrogen-bond acceptors (Lipinski definition) is 3. The first kappa shape index (κ1) is 34.4. The van der Waals surface area contributed by atoms with E-state index in [0.29, 0.717) is 0 Å². The van der Waals surface area contributed by atoms with Crippen LogP contribution < -0.4 is 5.32 Å². The Bertz CT molecular complexity index is 1080. The summed E-state index contributed by atoms with van der Waals surface area (Å²) in [6, 6.07) is 7.28. The molecule has 0 aromatic rings. The quantitative estimate of drug-likeness (QED) is 0.311. The molecule has 12 unspecified atom stereocenters. The predicted molar refractivity (Wildman–Crippen MR) is 208 cm³/mol. The van der Waals surface area contributed by atoms with Crippen LogP contribution in [0, 0.1) is 47.3 Å². The second kappa shape index (κ2) is 15.2. The SMILES string of the molecule is C1CCC(C2CC(N3C4CCCCC4C4CC(C5CCC6C7CCCCC7N(C7CCCCC7)C6C5)CCC43)CC(C3CCCCC3)N2)CC1. The molecule has 10 fully saturated rings. The van der Waals surface area contributed by atoms with E-state index in [0.717, 1.165) is 95.7 Å². The average molecular weight is 686 g/mol. The Morgan fingerprint density at radius 2 is 0.740 bits per heavy atom. The fourth-order valence-electron chi connectivity index (χ4n) is 17.0. The van der Waals surface area contributed by atoms with Crippen molar-refractivity contribution in [3.05, 3.63) is 0 Å². The fourth-order valence-corrected chi connectivity index (χ4v) is 17.0. The van der Waals surface area contributed by atoms with E-state index in [1.54, 1.807) is 64.2 Å². The maximum atomic E-state index is 4.47.